The lowest BCUT2D eigenvalue weighted by Crippen LogP contribution is -2.34. The molecule has 2 aromatic carbocycles. The zero-order valence-corrected chi connectivity index (χ0v) is 20.6. The molecule has 0 fully saturated rings. The molecule has 2 N–H and O–H groups in total. The molecule has 1 amide bonds. The number of hydrogen-bond donors (Lipinski definition) is 2. The number of ether oxygens (including phenoxy) is 1. The van der Waals surface area contributed by atoms with E-state index in [2.05, 4.69) is 18.7 Å². The Bertz CT molecular complexity index is 1090. The molecule has 7 nitrogen and oxygen atoms in total. The van der Waals surface area contributed by atoms with Gasteiger partial charge in [-0.25, -0.2) is 0 Å². The number of aliphatic hydroxyl groups excluding tert-OH is 1. The Morgan fingerprint density at radius 2 is 1.80 bits per heavy atom. The first-order valence-electron chi connectivity index (χ1n) is 12.1. The number of ketones is 1. The van der Waals surface area contributed by atoms with Crippen LogP contribution in [0.4, 0.5) is 0 Å². The molecule has 1 heterocycles. The molecule has 3 rings (SSSR count). The Kier molecular flexibility index (Phi) is 9.09. The maximum absolute atomic E-state index is 13.3. The molecular weight excluding hydrogens is 444 g/mol. The Morgan fingerprint density at radius 3 is 2.46 bits per heavy atom. The quantitative estimate of drug-likeness (QED) is 0.437. The molecule has 7 heteroatoms. The Labute approximate surface area is 206 Å². The second kappa shape index (κ2) is 12.2. The summed E-state index contributed by atoms with van der Waals surface area (Å²) in [4.78, 5) is 30.2. The Balaban J connectivity index is 1.96. The zero-order chi connectivity index (χ0) is 25.4. The summed E-state index contributed by atoms with van der Waals surface area (Å²) < 4.78 is 5.53. The van der Waals surface area contributed by atoms with Gasteiger partial charge in [0.25, 0.3) is 5.91 Å². The lowest BCUT2D eigenvalue weighted by molar-refractivity contribution is -0.129. The fourth-order valence-corrected chi connectivity index (χ4v) is 4.28. The van der Waals surface area contributed by atoms with Crippen LogP contribution in [0.15, 0.2) is 65.9 Å². The fourth-order valence-electron chi connectivity index (χ4n) is 4.28. The molecule has 0 spiro atoms. The zero-order valence-electron chi connectivity index (χ0n) is 20.6. The first-order valence-corrected chi connectivity index (χ1v) is 12.1. The van der Waals surface area contributed by atoms with Crippen molar-refractivity contribution in [2.75, 3.05) is 32.8 Å². The standard InChI is InChI=1S/C28H34N2O5/c1-4-29(5-2)17-10-18-30-26(21-14-16-22(31)24(19-21)35-6-3)25(27(33)28(30)34)23(32)15-13-20-11-8-7-9-12-20/h7-9,11-16,19,26,31,33H,4-6,10,17-18H2,1-3H3/b15-13+. The number of nitrogens with zero attached hydrogens (tertiary/aromatic N) is 2. The summed E-state index contributed by atoms with van der Waals surface area (Å²) >= 11 is 0. The molecule has 0 aromatic heterocycles. The summed E-state index contributed by atoms with van der Waals surface area (Å²) in [6.07, 6.45) is 3.73. The molecule has 1 aliphatic rings. The number of hydrogen-bond acceptors (Lipinski definition) is 6. The molecule has 0 aliphatic carbocycles. The minimum atomic E-state index is -0.785. The van der Waals surface area contributed by atoms with E-state index in [1.165, 1.54) is 17.0 Å². The summed E-state index contributed by atoms with van der Waals surface area (Å²) in [7, 11) is 0. The highest BCUT2D eigenvalue weighted by molar-refractivity contribution is 6.14. The predicted octanol–water partition coefficient (Wildman–Crippen LogP) is 4.50. The maximum atomic E-state index is 13.3. The van der Waals surface area contributed by atoms with Crippen LogP contribution in [0.3, 0.4) is 0 Å². The van der Waals surface area contributed by atoms with Crippen molar-refractivity contribution in [1.82, 2.24) is 9.80 Å². The molecule has 0 bridgehead atoms. The number of carbonyl (C=O) groups is 2. The average Bonchev–Trinajstić information content (AvgIpc) is 3.12. The van der Waals surface area contributed by atoms with Crippen LogP contribution in [-0.2, 0) is 9.59 Å². The summed E-state index contributed by atoms with van der Waals surface area (Å²) in [5.74, 6) is -1.32. The average molecular weight is 479 g/mol. The van der Waals surface area contributed by atoms with Gasteiger partial charge in [0.05, 0.1) is 18.2 Å². The Hall–Kier alpha value is -3.58. The van der Waals surface area contributed by atoms with E-state index in [1.807, 2.05) is 30.3 Å². The van der Waals surface area contributed by atoms with E-state index in [4.69, 9.17) is 4.74 Å². The van der Waals surface area contributed by atoms with Crippen molar-refractivity contribution in [2.45, 2.75) is 33.2 Å². The van der Waals surface area contributed by atoms with E-state index in [1.54, 1.807) is 25.1 Å². The van der Waals surface area contributed by atoms with Gasteiger partial charge in [0.15, 0.2) is 23.0 Å². The number of allylic oxidation sites excluding steroid dienone is 1. The van der Waals surface area contributed by atoms with Crippen molar-refractivity contribution in [1.29, 1.82) is 0 Å². The third-order valence-corrected chi connectivity index (χ3v) is 6.16. The van der Waals surface area contributed by atoms with E-state index in [0.29, 0.717) is 25.1 Å². The largest absolute Gasteiger partial charge is 0.504 e. The third kappa shape index (κ3) is 6.11. The van der Waals surface area contributed by atoms with Gasteiger partial charge in [-0.15, -0.1) is 0 Å². The van der Waals surface area contributed by atoms with E-state index in [9.17, 15) is 19.8 Å². The van der Waals surface area contributed by atoms with Crippen LogP contribution in [0, 0.1) is 0 Å². The minimum absolute atomic E-state index is 0.0261. The van der Waals surface area contributed by atoms with Gasteiger partial charge in [0.1, 0.15) is 0 Å². The van der Waals surface area contributed by atoms with Gasteiger partial charge in [-0.3, -0.25) is 9.59 Å². The molecule has 2 aromatic rings. The van der Waals surface area contributed by atoms with Crippen molar-refractivity contribution in [3.05, 3.63) is 77.1 Å². The van der Waals surface area contributed by atoms with Crippen molar-refractivity contribution in [3.63, 3.8) is 0 Å². The predicted molar refractivity (Wildman–Crippen MR) is 136 cm³/mol. The molecule has 1 unspecified atom stereocenters. The number of aromatic hydroxyl groups is 1. The minimum Gasteiger partial charge on any atom is -0.504 e. The fraction of sp³-hybridized carbons (Fsp3) is 0.357. The van der Waals surface area contributed by atoms with Gasteiger partial charge in [0, 0.05) is 6.54 Å². The van der Waals surface area contributed by atoms with Crippen molar-refractivity contribution in [3.8, 4) is 11.5 Å². The monoisotopic (exact) mass is 478 g/mol. The van der Waals surface area contributed by atoms with E-state index in [0.717, 1.165) is 25.2 Å². The van der Waals surface area contributed by atoms with Crippen LogP contribution in [-0.4, -0.2) is 64.5 Å². The van der Waals surface area contributed by atoms with Crippen LogP contribution < -0.4 is 4.74 Å². The van der Waals surface area contributed by atoms with Crippen LogP contribution in [0.1, 0.15) is 44.4 Å². The Morgan fingerprint density at radius 1 is 1.09 bits per heavy atom. The van der Waals surface area contributed by atoms with Crippen molar-refractivity contribution < 1.29 is 24.5 Å². The summed E-state index contributed by atoms with van der Waals surface area (Å²) in [6.45, 7) is 9.29. The normalized spacial score (nSPS) is 16.1. The number of aliphatic hydroxyl groups is 1. The number of amides is 1. The second-order valence-corrected chi connectivity index (χ2v) is 8.31. The number of rotatable bonds is 12. The summed E-state index contributed by atoms with van der Waals surface area (Å²) in [6, 6.07) is 13.3. The van der Waals surface area contributed by atoms with Gasteiger partial charge >= 0.3 is 0 Å². The lowest BCUT2D eigenvalue weighted by Gasteiger charge is -2.28. The molecular formula is C28H34N2O5. The highest BCUT2D eigenvalue weighted by Gasteiger charge is 2.42. The number of phenols is 1. The molecule has 186 valence electrons. The van der Waals surface area contributed by atoms with Crippen LogP contribution in [0.2, 0.25) is 0 Å². The van der Waals surface area contributed by atoms with Crippen LogP contribution in [0.25, 0.3) is 6.08 Å². The molecule has 1 atom stereocenters. The molecule has 0 saturated heterocycles. The molecule has 35 heavy (non-hydrogen) atoms. The highest BCUT2D eigenvalue weighted by Crippen LogP contribution is 2.40. The number of phenolic OH excluding ortho intramolecular Hbond substituents is 1. The van der Waals surface area contributed by atoms with Crippen molar-refractivity contribution in [2.24, 2.45) is 0 Å². The second-order valence-electron chi connectivity index (χ2n) is 8.31. The molecule has 0 radical (unpaired) electrons. The van der Waals surface area contributed by atoms with Gasteiger partial charge in [-0.2, -0.15) is 0 Å². The van der Waals surface area contributed by atoms with E-state index in [-0.39, 0.29) is 17.1 Å². The highest BCUT2D eigenvalue weighted by atomic mass is 16.5. The number of carbonyl (C=O) groups excluding carboxylic acids is 2. The van der Waals surface area contributed by atoms with Gasteiger partial charge in [-0.1, -0.05) is 56.3 Å². The maximum Gasteiger partial charge on any atom is 0.290 e. The van der Waals surface area contributed by atoms with E-state index >= 15 is 0 Å². The summed E-state index contributed by atoms with van der Waals surface area (Å²) in [5.41, 5.74) is 1.45. The summed E-state index contributed by atoms with van der Waals surface area (Å²) in [5, 5.41) is 21.0. The molecule has 1 aliphatic heterocycles. The number of benzene rings is 2. The lowest BCUT2D eigenvalue weighted by atomic mass is 9.95. The topological polar surface area (TPSA) is 90.3 Å². The van der Waals surface area contributed by atoms with Crippen LogP contribution >= 0.6 is 0 Å². The SMILES string of the molecule is CCOc1cc(C2C(C(=O)/C=C/c3ccccc3)=C(O)C(=O)N2CCCN(CC)CC)ccc1O. The van der Waals surface area contributed by atoms with Crippen molar-refractivity contribution >= 4 is 17.8 Å². The molecule has 0 saturated carbocycles. The van der Waals surface area contributed by atoms with Gasteiger partial charge in [0.2, 0.25) is 0 Å². The van der Waals surface area contributed by atoms with Gasteiger partial charge < -0.3 is 24.7 Å². The first-order chi connectivity index (χ1) is 16.9. The van der Waals surface area contributed by atoms with Crippen LogP contribution in [0.5, 0.6) is 11.5 Å². The van der Waals surface area contributed by atoms with E-state index < -0.39 is 23.5 Å². The third-order valence-electron chi connectivity index (χ3n) is 6.16. The van der Waals surface area contributed by atoms with Gasteiger partial charge in [-0.05, 0) is 62.3 Å². The smallest absolute Gasteiger partial charge is 0.290 e. The first kappa shape index (κ1) is 26.0.